The molecule has 6 nitrogen and oxygen atoms in total. The molecule has 0 saturated heterocycles. The number of alkyl carbamates (subject to hydrolysis) is 1. The van der Waals surface area contributed by atoms with Crippen LogP contribution in [0, 0.1) is 11.3 Å². The normalized spacial score (nSPS) is 30.0. The topological polar surface area (TPSA) is 73.9 Å². The van der Waals surface area contributed by atoms with E-state index in [0.29, 0.717) is 13.0 Å². The summed E-state index contributed by atoms with van der Waals surface area (Å²) in [5.74, 6) is -0.0864. The van der Waals surface area contributed by atoms with Crippen LogP contribution in [0.15, 0.2) is 0 Å². The molecule has 0 heterocycles. The number of rotatable bonds is 6. The summed E-state index contributed by atoms with van der Waals surface area (Å²) in [7, 11) is -1.84. The Labute approximate surface area is 164 Å². The van der Waals surface area contributed by atoms with Crippen molar-refractivity contribution in [3.05, 3.63) is 0 Å². The molecule has 2 rings (SSSR count). The Morgan fingerprint density at radius 2 is 1.74 bits per heavy atom. The first-order chi connectivity index (χ1) is 12.1. The Balaban J connectivity index is 2.05. The van der Waals surface area contributed by atoms with Crippen LogP contribution in [-0.2, 0) is 18.7 Å². The molecule has 0 unspecified atom stereocenters. The van der Waals surface area contributed by atoms with Crippen LogP contribution < -0.4 is 5.32 Å². The van der Waals surface area contributed by atoms with E-state index in [1.165, 1.54) is 0 Å². The van der Waals surface area contributed by atoms with Crippen LogP contribution >= 0.6 is 0 Å². The van der Waals surface area contributed by atoms with Crippen LogP contribution in [0.1, 0.15) is 61.3 Å². The van der Waals surface area contributed by atoms with Crippen LogP contribution in [0.3, 0.4) is 0 Å². The summed E-state index contributed by atoms with van der Waals surface area (Å²) >= 11 is 0. The quantitative estimate of drug-likeness (QED) is 0.534. The summed E-state index contributed by atoms with van der Waals surface area (Å²) in [5, 5.41) is 2.98. The van der Waals surface area contributed by atoms with Crippen LogP contribution in [0.4, 0.5) is 4.79 Å². The highest BCUT2D eigenvalue weighted by molar-refractivity contribution is 6.74. The fourth-order valence-corrected chi connectivity index (χ4v) is 4.57. The summed E-state index contributed by atoms with van der Waals surface area (Å²) in [4.78, 5) is 25.0. The number of carbonyl (C=O) groups excluding carboxylic acids is 2. The van der Waals surface area contributed by atoms with E-state index in [0.717, 1.165) is 6.42 Å². The van der Waals surface area contributed by atoms with E-state index in [1.807, 2.05) is 0 Å². The number of amides is 1. The van der Waals surface area contributed by atoms with Gasteiger partial charge in [-0.05, 0) is 64.6 Å². The Hall–Kier alpha value is -1.08. The molecule has 1 N–H and O–H groups in total. The molecule has 7 heteroatoms. The highest BCUT2D eigenvalue weighted by Crippen LogP contribution is 2.77. The molecule has 1 spiro atoms. The molecule has 2 saturated carbocycles. The summed E-state index contributed by atoms with van der Waals surface area (Å²) in [6.07, 6.45) is 0.906. The molecule has 1 amide bonds. The third-order valence-corrected chi connectivity index (χ3v) is 10.8. The van der Waals surface area contributed by atoms with Crippen LogP contribution in [0.5, 0.6) is 0 Å². The molecule has 0 bridgehead atoms. The van der Waals surface area contributed by atoms with Crippen molar-refractivity contribution in [2.45, 2.75) is 90.6 Å². The van der Waals surface area contributed by atoms with Crippen molar-refractivity contribution in [2.24, 2.45) is 11.3 Å². The lowest BCUT2D eigenvalue weighted by Crippen LogP contribution is -2.48. The molecule has 0 aromatic rings. The summed E-state index contributed by atoms with van der Waals surface area (Å²) < 4.78 is 17.0. The lowest BCUT2D eigenvalue weighted by Gasteiger charge is -2.36. The van der Waals surface area contributed by atoms with Crippen molar-refractivity contribution in [3.8, 4) is 0 Å². The van der Waals surface area contributed by atoms with Gasteiger partial charge in [-0.1, -0.05) is 20.8 Å². The molecule has 156 valence electrons. The molecule has 3 atom stereocenters. The molecule has 0 radical (unpaired) electrons. The number of ether oxygens (including phenoxy) is 2. The van der Waals surface area contributed by atoms with Crippen molar-refractivity contribution in [1.29, 1.82) is 0 Å². The van der Waals surface area contributed by atoms with Crippen LogP contribution in [-0.4, -0.2) is 44.7 Å². The average molecular weight is 400 g/mol. The fraction of sp³-hybridized carbons (Fsp3) is 0.900. The molecule has 0 aliphatic heterocycles. The van der Waals surface area contributed by atoms with Gasteiger partial charge in [0, 0.05) is 12.0 Å². The number of esters is 1. The molecule has 2 aliphatic carbocycles. The number of hydrogen-bond acceptors (Lipinski definition) is 5. The van der Waals surface area contributed by atoms with Gasteiger partial charge in [0.25, 0.3) is 0 Å². The van der Waals surface area contributed by atoms with E-state index in [4.69, 9.17) is 13.9 Å². The van der Waals surface area contributed by atoms with Gasteiger partial charge in [-0.25, -0.2) is 9.59 Å². The maximum Gasteiger partial charge on any atom is 0.408 e. The SMILES string of the molecule is CCOC(=O)[C@@]1(NC(=O)OC(C)(C)C)C[C@]12C[C@@H]2CO[Si](C)(C)C(C)(C)C. The van der Waals surface area contributed by atoms with E-state index < -0.39 is 25.6 Å². The van der Waals surface area contributed by atoms with Crippen molar-refractivity contribution < 1.29 is 23.5 Å². The Morgan fingerprint density at radius 1 is 1.15 bits per heavy atom. The zero-order valence-electron chi connectivity index (χ0n) is 18.4. The van der Waals surface area contributed by atoms with E-state index in [1.54, 1.807) is 27.7 Å². The van der Waals surface area contributed by atoms with Crippen molar-refractivity contribution in [1.82, 2.24) is 5.32 Å². The Morgan fingerprint density at radius 3 is 2.22 bits per heavy atom. The number of hydrogen-bond donors (Lipinski definition) is 1. The van der Waals surface area contributed by atoms with Gasteiger partial charge in [0.05, 0.1) is 6.61 Å². The minimum absolute atomic E-state index is 0.144. The van der Waals surface area contributed by atoms with Gasteiger partial charge < -0.3 is 19.2 Å². The first-order valence-corrected chi connectivity index (χ1v) is 12.8. The highest BCUT2D eigenvalue weighted by atomic mass is 28.4. The second-order valence-corrected chi connectivity index (χ2v) is 15.4. The van der Waals surface area contributed by atoms with Crippen molar-refractivity contribution in [3.63, 3.8) is 0 Å². The first-order valence-electron chi connectivity index (χ1n) is 9.93. The maximum absolute atomic E-state index is 12.7. The lowest BCUT2D eigenvalue weighted by molar-refractivity contribution is -0.147. The summed E-state index contributed by atoms with van der Waals surface area (Å²) in [6, 6.07) is 0. The maximum atomic E-state index is 12.7. The van der Waals surface area contributed by atoms with Crippen molar-refractivity contribution >= 4 is 20.4 Å². The minimum Gasteiger partial charge on any atom is -0.464 e. The molecular formula is C20H37NO5Si. The second-order valence-electron chi connectivity index (χ2n) is 10.6. The Bertz CT molecular complexity index is 606. The van der Waals surface area contributed by atoms with Gasteiger partial charge in [-0.2, -0.15) is 0 Å². The van der Waals surface area contributed by atoms with E-state index in [-0.39, 0.29) is 28.9 Å². The first kappa shape index (κ1) is 22.2. The second kappa shape index (κ2) is 6.76. The van der Waals surface area contributed by atoms with Crippen molar-refractivity contribution in [2.75, 3.05) is 13.2 Å². The fourth-order valence-electron chi connectivity index (χ4n) is 3.52. The molecule has 27 heavy (non-hydrogen) atoms. The predicted octanol–water partition coefficient (Wildman–Crippen LogP) is 4.24. The zero-order chi connectivity index (χ0) is 20.9. The van der Waals surface area contributed by atoms with Gasteiger partial charge in [-0.15, -0.1) is 0 Å². The predicted molar refractivity (Wildman–Crippen MR) is 107 cm³/mol. The van der Waals surface area contributed by atoms with Gasteiger partial charge in [0.1, 0.15) is 11.1 Å². The zero-order valence-corrected chi connectivity index (χ0v) is 19.4. The van der Waals surface area contributed by atoms with Gasteiger partial charge in [0.15, 0.2) is 8.32 Å². The summed E-state index contributed by atoms with van der Waals surface area (Å²) in [5.41, 5.74) is -1.82. The van der Waals surface area contributed by atoms with Gasteiger partial charge in [0.2, 0.25) is 0 Å². The molecule has 0 aromatic heterocycles. The smallest absolute Gasteiger partial charge is 0.408 e. The standard InChI is InChI=1S/C20H37NO5Si/c1-10-24-15(22)20(21-16(23)26-17(2,3)4)13-19(20)11-14(19)12-25-27(8,9)18(5,6)7/h14H,10-13H2,1-9H3,(H,21,23)/t14-,19+,20+/m1/s1. The van der Waals surface area contributed by atoms with Gasteiger partial charge in [-0.3, -0.25) is 0 Å². The summed E-state index contributed by atoms with van der Waals surface area (Å²) in [6.45, 7) is 19.2. The molecule has 0 aromatic carbocycles. The Kier molecular flexibility index (Phi) is 5.56. The third kappa shape index (κ3) is 4.34. The number of carbonyl (C=O) groups is 2. The van der Waals surface area contributed by atoms with E-state index in [2.05, 4.69) is 39.2 Å². The molecular weight excluding hydrogens is 362 g/mol. The molecule has 2 fully saturated rings. The third-order valence-electron chi connectivity index (χ3n) is 6.33. The monoisotopic (exact) mass is 399 g/mol. The largest absolute Gasteiger partial charge is 0.464 e. The van der Waals surface area contributed by atoms with Crippen LogP contribution in [0.25, 0.3) is 0 Å². The van der Waals surface area contributed by atoms with E-state index >= 15 is 0 Å². The van der Waals surface area contributed by atoms with Crippen LogP contribution in [0.2, 0.25) is 18.1 Å². The molecule has 2 aliphatic rings. The highest BCUT2D eigenvalue weighted by Gasteiger charge is 2.84. The van der Waals surface area contributed by atoms with Gasteiger partial charge >= 0.3 is 12.1 Å². The minimum atomic E-state index is -1.84. The lowest BCUT2D eigenvalue weighted by atomic mass is 10.1. The van der Waals surface area contributed by atoms with E-state index in [9.17, 15) is 9.59 Å². The number of nitrogens with one attached hydrogen (secondary N) is 1. The average Bonchev–Trinajstić information content (AvgIpc) is 3.31.